The van der Waals surface area contributed by atoms with Gasteiger partial charge in [-0.2, -0.15) is 0 Å². The molecule has 0 heterocycles. The molecule has 0 bridgehead atoms. The first-order valence-corrected chi connectivity index (χ1v) is 8.33. The molecule has 0 N–H and O–H groups in total. The quantitative estimate of drug-likeness (QED) is 0.490. The molecule has 0 aliphatic carbocycles. The van der Waals surface area contributed by atoms with Gasteiger partial charge in [0, 0.05) is 57.3 Å². The highest BCUT2D eigenvalue weighted by Crippen LogP contribution is 2.12. The van der Waals surface area contributed by atoms with Crippen molar-refractivity contribution in [3.05, 3.63) is 0 Å². The molecule has 0 saturated carbocycles. The van der Waals surface area contributed by atoms with Crippen molar-refractivity contribution in [1.82, 2.24) is 0 Å². The van der Waals surface area contributed by atoms with Gasteiger partial charge in [0.1, 0.15) is 28.9 Å². The molecule has 0 aromatic carbocycles. The second-order valence-corrected chi connectivity index (χ2v) is 6.14. The average Bonchev–Trinajstić information content (AvgIpc) is 2.48. The topological polar surface area (TPSA) is 85.3 Å². The molecule has 1 unspecified atom stereocenters. The normalized spacial score (nSPS) is 11.8. The van der Waals surface area contributed by atoms with Gasteiger partial charge in [-0.15, -0.1) is 0 Å². The second-order valence-electron chi connectivity index (χ2n) is 6.14. The third-order valence-corrected chi connectivity index (χ3v) is 3.70. The van der Waals surface area contributed by atoms with Gasteiger partial charge in [-0.1, -0.05) is 13.8 Å². The summed E-state index contributed by atoms with van der Waals surface area (Å²) in [7, 11) is 0. The third kappa shape index (κ3) is 11.6. The fourth-order valence-corrected chi connectivity index (χ4v) is 2.19. The molecule has 0 radical (unpaired) electrons. The Morgan fingerprint density at radius 2 is 1.17 bits per heavy atom. The summed E-state index contributed by atoms with van der Waals surface area (Å²) in [6, 6.07) is 0. The largest absolute Gasteiger partial charge is 0.300 e. The van der Waals surface area contributed by atoms with E-state index in [1.54, 1.807) is 6.92 Å². The van der Waals surface area contributed by atoms with E-state index in [1.165, 1.54) is 6.92 Å². The Labute approximate surface area is 138 Å². The van der Waals surface area contributed by atoms with Crippen LogP contribution in [-0.4, -0.2) is 28.9 Å². The van der Waals surface area contributed by atoms with Gasteiger partial charge in [-0.25, -0.2) is 0 Å². The molecular weight excluding hydrogens is 296 g/mol. The number of carbonyl (C=O) groups excluding carboxylic acids is 5. The Balaban J connectivity index is 3.96. The molecule has 0 rings (SSSR count). The van der Waals surface area contributed by atoms with Crippen LogP contribution in [0.5, 0.6) is 0 Å². The Morgan fingerprint density at radius 1 is 0.696 bits per heavy atom. The molecule has 0 saturated heterocycles. The first-order valence-electron chi connectivity index (χ1n) is 8.33. The number of ketones is 5. The monoisotopic (exact) mass is 324 g/mol. The first kappa shape index (κ1) is 21.4. The Kier molecular flexibility index (Phi) is 11.0. The van der Waals surface area contributed by atoms with E-state index in [4.69, 9.17) is 0 Å². The third-order valence-electron chi connectivity index (χ3n) is 3.70. The van der Waals surface area contributed by atoms with Crippen molar-refractivity contribution < 1.29 is 24.0 Å². The summed E-state index contributed by atoms with van der Waals surface area (Å²) < 4.78 is 0. The summed E-state index contributed by atoms with van der Waals surface area (Å²) in [5.41, 5.74) is 0. The van der Waals surface area contributed by atoms with Crippen LogP contribution in [0.3, 0.4) is 0 Å². The van der Waals surface area contributed by atoms with Crippen LogP contribution in [0.15, 0.2) is 0 Å². The van der Waals surface area contributed by atoms with E-state index in [0.29, 0.717) is 6.42 Å². The minimum atomic E-state index is -0.414. The molecule has 0 spiro atoms. The van der Waals surface area contributed by atoms with Gasteiger partial charge >= 0.3 is 0 Å². The van der Waals surface area contributed by atoms with Gasteiger partial charge < -0.3 is 4.79 Å². The molecule has 130 valence electrons. The zero-order valence-corrected chi connectivity index (χ0v) is 14.5. The van der Waals surface area contributed by atoms with E-state index in [1.807, 2.05) is 6.92 Å². The van der Waals surface area contributed by atoms with E-state index in [2.05, 4.69) is 0 Å². The van der Waals surface area contributed by atoms with Crippen LogP contribution in [0, 0.1) is 5.92 Å². The van der Waals surface area contributed by atoms with Crippen LogP contribution < -0.4 is 0 Å². The molecule has 0 aliphatic rings. The lowest BCUT2D eigenvalue weighted by molar-refractivity contribution is -0.129. The lowest BCUT2D eigenvalue weighted by atomic mass is 9.94. The summed E-state index contributed by atoms with van der Waals surface area (Å²) in [6.07, 6.45) is 2.45. The lowest BCUT2D eigenvalue weighted by Crippen LogP contribution is -2.17. The molecule has 0 aliphatic heterocycles. The molecule has 0 fully saturated rings. The molecule has 5 nitrogen and oxygen atoms in total. The van der Waals surface area contributed by atoms with Crippen molar-refractivity contribution in [2.45, 2.75) is 78.6 Å². The van der Waals surface area contributed by atoms with Gasteiger partial charge in [-0.3, -0.25) is 19.2 Å². The van der Waals surface area contributed by atoms with E-state index < -0.39 is 5.92 Å². The van der Waals surface area contributed by atoms with Crippen LogP contribution in [0.1, 0.15) is 78.6 Å². The number of hydrogen-bond donors (Lipinski definition) is 0. The van der Waals surface area contributed by atoms with Crippen molar-refractivity contribution >= 4 is 28.9 Å². The number of hydrogen-bond acceptors (Lipinski definition) is 5. The zero-order chi connectivity index (χ0) is 17.8. The molecule has 0 aromatic heterocycles. The van der Waals surface area contributed by atoms with Crippen molar-refractivity contribution in [3.8, 4) is 0 Å². The molecule has 23 heavy (non-hydrogen) atoms. The van der Waals surface area contributed by atoms with Crippen molar-refractivity contribution in [1.29, 1.82) is 0 Å². The Bertz CT molecular complexity index is 450. The Morgan fingerprint density at radius 3 is 1.65 bits per heavy atom. The second kappa shape index (κ2) is 11.9. The number of Topliss-reactive ketones (excluding diaryl/α,β-unsaturated/α-hetero) is 5. The fourth-order valence-electron chi connectivity index (χ4n) is 2.19. The smallest absolute Gasteiger partial charge is 0.136 e. The van der Waals surface area contributed by atoms with Gasteiger partial charge in [0.25, 0.3) is 0 Å². The van der Waals surface area contributed by atoms with Gasteiger partial charge in [0.05, 0.1) is 0 Å². The molecule has 1 atom stereocenters. The summed E-state index contributed by atoms with van der Waals surface area (Å²) in [5.74, 6) is -0.676. The summed E-state index contributed by atoms with van der Waals surface area (Å²) in [5, 5.41) is 0. The minimum Gasteiger partial charge on any atom is -0.300 e. The van der Waals surface area contributed by atoms with Gasteiger partial charge in [0.2, 0.25) is 0 Å². The highest BCUT2D eigenvalue weighted by molar-refractivity contribution is 5.92. The summed E-state index contributed by atoms with van der Waals surface area (Å²) in [4.78, 5) is 57.4. The van der Waals surface area contributed by atoms with E-state index in [9.17, 15) is 24.0 Å². The van der Waals surface area contributed by atoms with E-state index in [-0.39, 0.29) is 73.9 Å². The van der Waals surface area contributed by atoms with Crippen LogP contribution >= 0.6 is 0 Å². The minimum absolute atomic E-state index is 0.0416. The standard InChI is InChI=1S/C18H28O5/c1-4-5-15(20)7-8-16(21)9-10-17(22)12-13(2)18(23)11-6-14(3)19/h13H,4-12H2,1-3H3. The molecular formula is C18H28O5. The van der Waals surface area contributed by atoms with Gasteiger partial charge in [-0.05, 0) is 13.3 Å². The highest BCUT2D eigenvalue weighted by atomic mass is 16.1. The van der Waals surface area contributed by atoms with Crippen LogP contribution in [0.2, 0.25) is 0 Å². The van der Waals surface area contributed by atoms with Crippen molar-refractivity contribution in [2.75, 3.05) is 0 Å². The fraction of sp³-hybridized carbons (Fsp3) is 0.722. The zero-order valence-electron chi connectivity index (χ0n) is 14.5. The van der Waals surface area contributed by atoms with E-state index >= 15 is 0 Å². The maximum absolute atomic E-state index is 11.8. The first-order chi connectivity index (χ1) is 10.8. The maximum Gasteiger partial charge on any atom is 0.136 e. The highest BCUT2D eigenvalue weighted by Gasteiger charge is 2.18. The maximum atomic E-state index is 11.8. The predicted octanol–water partition coefficient (Wildman–Crippen LogP) is 3.02. The number of rotatable bonds is 14. The van der Waals surface area contributed by atoms with Gasteiger partial charge in [0.15, 0.2) is 0 Å². The van der Waals surface area contributed by atoms with E-state index in [0.717, 1.165) is 6.42 Å². The predicted molar refractivity (Wildman–Crippen MR) is 87.1 cm³/mol. The lowest BCUT2D eigenvalue weighted by Gasteiger charge is -2.09. The SMILES string of the molecule is CCCC(=O)CCC(=O)CCC(=O)CC(C)C(=O)CCC(C)=O. The average molecular weight is 324 g/mol. The summed E-state index contributed by atoms with van der Waals surface area (Å²) >= 11 is 0. The van der Waals surface area contributed by atoms with Crippen LogP contribution in [0.4, 0.5) is 0 Å². The van der Waals surface area contributed by atoms with Crippen molar-refractivity contribution in [3.63, 3.8) is 0 Å². The summed E-state index contributed by atoms with van der Waals surface area (Å²) in [6.45, 7) is 5.02. The Hall–Kier alpha value is -1.65. The number of carbonyl (C=O) groups is 5. The van der Waals surface area contributed by atoms with Crippen molar-refractivity contribution in [2.24, 2.45) is 5.92 Å². The van der Waals surface area contributed by atoms with Crippen LogP contribution in [0.25, 0.3) is 0 Å². The van der Waals surface area contributed by atoms with Crippen LogP contribution in [-0.2, 0) is 24.0 Å². The molecule has 0 aromatic rings. The molecule has 0 amide bonds. The molecule has 5 heteroatoms.